The third kappa shape index (κ3) is 4.19. The summed E-state index contributed by atoms with van der Waals surface area (Å²) in [5.74, 6) is -1.54. The molecule has 0 saturated carbocycles. The molecule has 1 saturated heterocycles. The fourth-order valence-electron chi connectivity index (χ4n) is 2.77. The molecule has 4 nitrogen and oxygen atoms in total. The summed E-state index contributed by atoms with van der Waals surface area (Å²) in [6.45, 7) is 7.06. The molecule has 22 heavy (non-hydrogen) atoms. The zero-order valence-corrected chi connectivity index (χ0v) is 13.3. The Kier molecular flexibility index (Phi) is 5.77. The smallest absolute Gasteiger partial charge is 0.338 e. The predicted molar refractivity (Wildman–Crippen MR) is 83.1 cm³/mol. The van der Waals surface area contributed by atoms with Gasteiger partial charge in [0.1, 0.15) is 17.7 Å². The summed E-state index contributed by atoms with van der Waals surface area (Å²) in [7, 11) is 0. The molecule has 1 aliphatic rings. The Hall–Kier alpha value is -1.62. The summed E-state index contributed by atoms with van der Waals surface area (Å²) in [5, 5.41) is 8.92. The highest BCUT2D eigenvalue weighted by molar-refractivity contribution is 5.88. The fourth-order valence-corrected chi connectivity index (χ4v) is 2.77. The third-order valence-electron chi connectivity index (χ3n) is 4.15. The van der Waals surface area contributed by atoms with E-state index in [-0.39, 0.29) is 11.7 Å². The van der Waals surface area contributed by atoms with E-state index in [1.807, 2.05) is 0 Å². The first-order valence-corrected chi connectivity index (χ1v) is 7.93. The summed E-state index contributed by atoms with van der Waals surface area (Å²) in [5.41, 5.74) is 0.353. The maximum absolute atomic E-state index is 13.8. The van der Waals surface area contributed by atoms with E-state index in [4.69, 9.17) is 9.84 Å². The van der Waals surface area contributed by atoms with Gasteiger partial charge in [-0.1, -0.05) is 13.3 Å². The number of piperidine rings is 1. The van der Waals surface area contributed by atoms with Crippen LogP contribution in [0, 0.1) is 12.7 Å². The molecule has 0 aliphatic carbocycles. The summed E-state index contributed by atoms with van der Waals surface area (Å²) in [6, 6.07) is 2.53. The van der Waals surface area contributed by atoms with Crippen LogP contribution in [0.15, 0.2) is 12.1 Å². The van der Waals surface area contributed by atoms with Crippen LogP contribution >= 0.6 is 0 Å². The number of aryl methyl sites for hydroxylation is 1. The molecule has 0 atom stereocenters. The number of hydrogen-bond acceptors (Lipinski definition) is 3. The lowest BCUT2D eigenvalue weighted by molar-refractivity contribution is 0.0691. The van der Waals surface area contributed by atoms with Crippen molar-refractivity contribution < 1.29 is 19.0 Å². The number of likely N-dealkylation sites (tertiary alicyclic amines) is 1. The van der Waals surface area contributed by atoms with E-state index >= 15 is 0 Å². The van der Waals surface area contributed by atoms with Gasteiger partial charge in [0.05, 0.1) is 5.56 Å². The summed E-state index contributed by atoms with van der Waals surface area (Å²) in [6.07, 6.45) is 4.33. The molecule has 5 heteroatoms. The van der Waals surface area contributed by atoms with Crippen LogP contribution in [0.2, 0.25) is 0 Å². The van der Waals surface area contributed by atoms with Crippen molar-refractivity contribution in [2.45, 2.75) is 45.6 Å². The number of halogens is 1. The molecule has 0 aromatic heterocycles. The number of benzene rings is 1. The summed E-state index contributed by atoms with van der Waals surface area (Å²) < 4.78 is 19.7. The minimum atomic E-state index is -1.25. The number of unbranched alkanes of at least 4 members (excludes halogenated alkanes) is 1. The lowest BCUT2D eigenvalue weighted by Gasteiger charge is -2.32. The first-order valence-electron chi connectivity index (χ1n) is 7.93. The van der Waals surface area contributed by atoms with Crippen molar-refractivity contribution in [1.29, 1.82) is 0 Å². The molecule has 2 rings (SSSR count). The van der Waals surface area contributed by atoms with Crippen LogP contribution in [0.4, 0.5) is 4.39 Å². The van der Waals surface area contributed by atoms with Gasteiger partial charge in [-0.25, -0.2) is 9.18 Å². The molecule has 0 unspecified atom stereocenters. The number of aromatic carboxylic acids is 1. The van der Waals surface area contributed by atoms with Crippen molar-refractivity contribution in [1.82, 2.24) is 4.90 Å². The van der Waals surface area contributed by atoms with Gasteiger partial charge in [0.25, 0.3) is 0 Å². The topological polar surface area (TPSA) is 49.8 Å². The van der Waals surface area contributed by atoms with E-state index in [0.717, 1.165) is 32.5 Å². The Morgan fingerprint density at radius 2 is 2.09 bits per heavy atom. The second-order valence-electron chi connectivity index (χ2n) is 5.92. The van der Waals surface area contributed by atoms with Gasteiger partial charge in [0, 0.05) is 19.2 Å². The highest BCUT2D eigenvalue weighted by Gasteiger charge is 2.22. The first kappa shape index (κ1) is 16.7. The lowest BCUT2D eigenvalue weighted by Crippen LogP contribution is -2.38. The third-order valence-corrected chi connectivity index (χ3v) is 4.15. The Morgan fingerprint density at radius 3 is 2.68 bits per heavy atom. The molecule has 0 spiro atoms. The zero-order chi connectivity index (χ0) is 16.1. The van der Waals surface area contributed by atoms with Gasteiger partial charge in [-0.2, -0.15) is 0 Å². The molecular weight excluding hydrogens is 285 g/mol. The van der Waals surface area contributed by atoms with Gasteiger partial charge < -0.3 is 14.7 Å². The number of carboxylic acids is 1. The molecular formula is C17H24FNO3. The standard InChI is InChI=1S/C17H24FNO3/c1-3-4-7-19-8-5-13(6-9-19)22-16-11-15(18)14(17(20)21)10-12(16)2/h10-11,13H,3-9H2,1-2H3,(H,20,21). The average Bonchev–Trinajstić information content (AvgIpc) is 2.49. The Bertz CT molecular complexity index is 525. The molecule has 0 radical (unpaired) electrons. The minimum Gasteiger partial charge on any atom is -0.490 e. The molecule has 1 heterocycles. The van der Waals surface area contributed by atoms with E-state index in [1.165, 1.54) is 25.0 Å². The lowest BCUT2D eigenvalue weighted by atomic mass is 10.1. The van der Waals surface area contributed by atoms with Crippen molar-refractivity contribution in [3.8, 4) is 5.75 Å². The Labute approximate surface area is 130 Å². The van der Waals surface area contributed by atoms with Crippen LogP contribution in [-0.2, 0) is 0 Å². The first-order chi connectivity index (χ1) is 10.5. The maximum atomic E-state index is 13.8. The van der Waals surface area contributed by atoms with E-state index in [1.54, 1.807) is 6.92 Å². The van der Waals surface area contributed by atoms with Gasteiger partial charge >= 0.3 is 5.97 Å². The molecule has 1 fully saturated rings. The van der Waals surface area contributed by atoms with Gasteiger partial charge in [0.15, 0.2) is 0 Å². The number of ether oxygens (including phenoxy) is 1. The number of carbonyl (C=O) groups is 1. The van der Waals surface area contributed by atoms with Crippen LogP contribution < -0.4 is 4.74 Å². The largest absolute Gasteiger partial charge is 0.490 e. The second kappa shape index (κ2) is 7.58. The SMILES string of the molecule is CCCCN1CCC(Oc2cc(F)c(C(=O)O)cc2C)CC1. The van der Waals surface area contributed by atoms with Gasteiger partial charge in [0.2, 0.25) is 0 Å². The number of rotatable bonds is 6. The number of carboxylic acid groups (broad SMARTS) is 1. The second-order valence-corrected chi connectivity index (χ2v) is 5.92. The van der Waals surface area contributed by atoms with Gasteiger partial charge in [-0.15, -0.1) is 0 Å². The number of nitrogens with zero attached hydrogens (tertiary/aromatic N) is 1. The van der Waals surface area contributed by atoms with E-state index in [2.05, 4.69) is 11.8 Å². The molecule has 0 bridgehead atoms. The normalized spacial score (nSPS) is 16.7. The van der Waals surface area contributed by atoms with Crippen LogP contribution in [-0.4, -0.2) is 41.7 Å². The van der Waals surface area contributed by atoms with Crippen molar-refractivity contribution in [3.05, 3.63) is 29.1 Å². The quantitative estimate of drug-likeness (QED) is 0.874. The van der Waals surface area contributed by atoms with E-state index in [0.29, 0.717) is 11.3 Å². The predicted octanol–water partition coefficient (Wildman–Crippen LogP) is 3.48. The van der Waals surface area contributed by atoms with Crippen LogP contribution in [0.5, 0.6) is 5.75 Å². The van der Waals surface area contributed by atoms with Crippen molar-refractivity contribution >= 4 is 5.97 Å². The fraction of sp³-hybridized carbons (Fsp3) is 0.588. The van der Waals surface area contributed by atoms with Gasteiger partial charge in [-0.05, 0) is 44.4 Å². The van der Waals surface area contributed by atoms with E-state index < -0.39 is 11.8 Å². The molecule has 0 amide bonds. The van der Waals surface area contributed by atoms with Crippen molar-refractivity contribution in [3.63, 3.8) is 0 Å². The van der Waals surface area contributed by atoms with Crippen LogP contribution in [0.25, 0.3) is 0 Å². The molecule has 1 aliphatic heterocycles. The Morgan fingerprint density at radius 1 is 1.41 bits per heavy atom. The summed E-state index contributed by atoms with van der Waals surface area (Å²) >= 11 is 0. The monoisotopic (exact) mass is 309 g/mol. The van der Waals surface area contributed by atoms with Crippen molar-refractivity contribution in [2.24, 2.45) is 0 Å². The average molecular weight is 309 g/mol. The molecule has 1 aromatic rings. The van der Waals surface area contributed by atoms with E-state index in [9.17, 15) is 9.18 Å². The zero-order valence-electron chi connectivity index (χ0n) is 13.3. The highest BCUT2D eigenvalue weighted by atomic mass is 19.1. The summed E-state index contributed by atoms with van der Waals surface area (Å²) in [4.78, 5) is 13.3. The Balaban J connectivity index is 1.95. The van der Waals surface area contributed by atoms with Crippen LogP contribution in [0.1, 0.15) is 48.5 Å². The van der Waals surface area contributed by atoms with Crippen molar-refractivity contribution in [2.75, 3.05) is 19.6 Å². The highest BCUT2D eigenvalue weighted by Crippen LogP contribution is 2.26. The number of hydrogen-bond donors (Lipinski definition) is 1. The van der Waals surface area contributed by atoms with Crippen LogP contribution in [0.3, 0.4) is 0 Å². The molecule has 1 N–H and O–H groups in total. The minimum absolute atomic E-state index is 0.0756. The maximum Gasteiger partial charge on any atom is 0.338 e. The molecule has 122 valence electrons. The van der Waals surface area contributed by atoms with Gasteiger partial charge in [-0.3, -0.25) is 0 Å². The molecule has 1 aromatic carbocycles.